The molecule has 8 heteroatoms. The number of methoxy groups -OCH3 is 1. The molecule has 186 valence electrons. The molecule has 0 spiro atoms. The molecule has 0 saturated carbocycles. The predicted octanol–water partition coefficient (Wildman–Crippen LogP) is 6.58. The van der Waals surface area contributed by atoms with E-state index >= 15 is 0 Å². The van der Waals surface area contributed by atoms with Crippen LogP contribution in [0.15, 0.2) is 76.8 Å². The van der Waals surface area contributed by atoms with Crippen LogP contribution in [-0.4, -0.2) is 37.4 Å². The van der Waals surface area contributed by atoms with Crippen LogP contribution in [0.1, 0.15) is 37.3 Å². The third kappa shape index (κ3) is 6.60. The molecule has 0 aliphatic heterocycles. The van der Waals surface area contributed by atoms with Crippen molar-refractivity contribution < 1.29 is 14.2 Å². The quantitative estimate of drug-likeness (QED) is 0.108. The number of para-hydroxylation sites is 1. The first-order chi connectivity index (χ1) is 17.7. The largest absolute Gasteiger partial charge is 0.494 e. The summed E-state index contributed by atoms with van der Waals surface area (Å²) in [6.07, 6.45) is 3.80. The number of nitrogens with one attached hydrogen (secondary N) is 1. The van der Waals surface area contributed by atoms with Gasteiger partial charge in [-0.2, -0.15) is 5.10 Å². The summed E-state index contributed by atoms with van der Waals surface area (Å²) < 4.78 is 18.0. The number of aromatic nitrogens is 1. The summed E-state index contributed by atoms with van der Waals surface area (Å²) in [6, 6.07) is 21.4. The summed E-state index contributed by atoms with van der Waals surface area (Å²) in [5, 5.41) is 5.20. The van der Waals surface area contributed by atoms with Crippen LogP contribution >= 0.6 is 11.3 Å². The van der Waals surface area contributed by atoms with Crippen LogP contribution in [0.4, 0.5) is 5.69 Å². The number of hydrogen-bond donors (Lipinski definition) is 1. The molecule has 7 nitrogen and oxygen atoms in total. The first-order valence-corrected chi connectivity index (χ1v) is 12.8. The Morgan fingerprint density at radius 3 is 2.58 bits per heavy atom. The SMILES string of the molecule is CCCCOc1ccc(/C=N/NC(=Nc2ccc(OCC)cc2)c2nc3ccccc3s2)cc1OC. The van der Waals surface area contributed by atoms with Gasteiger partial charge in [0.1, 0.15) is 5.75 Å². The van der Waals surface area contributed by atoms with Crippen LogP contribution in [0.2, 0.25) is 0 Å². The number of fused-ring (bicyclic) bond motifs is 1. The maximum Gasteiger partial charge on any atom is 0.183 e. The number of hydrogen-bond acceptors (Lipinski definition) is 7. The molecule has 0 bridgehead atoms. The first kappa shape index (κ1) is 25.2. The van der Waals surface area contributed by atoms with Crippen molar-refractivity contribution in [1.29, 1.82) is 0 Å². The molecule has 0 unspecified atom stereocenters. The van der Waals surface area contributed by atoms with Crippen LogP contribution in [0.3, 0.4) is 0 Å². The van der Waals surface area contributed by atoms with E-state index in [1.165, 1.54) is 0 Å². The number of unbranched alkanes of at least 4 members (excludes halogenated alkanes) is 1. The fourth-order valence-corrected chi connectivity index (χ4v) is 4.29. The van der Waals surface area contributed by atoms with Gasteiger partial charge in [-0.3, -0.25) is 5.43 Å². The van der Waals surface area contributed by atoms with Crippen molar-refractivity contribution in [3.63, 3.8) is 0 Å². The number of nitrogens with zero attached hydrogens (tertiary/aromatic N) is 3. The topological polar surface area (TPSA) is 77.3 Å². The van der Waals surface area contributed by atoms with Crippen molar-refractivity contribution in [2.24, 2.45) is 10.1 Å². The van der Waals surface area contributed by atoms with Crippen LogP contribution in [0, 0.1) is 0 Å². The van der Waals surface area contributed by atoms with Gasteiger partial charge in [-0.25, -0.2) is 9.98 Å². The smallest absolute Gasteiger partial charge is 0.183 e. The molecule has 0 amide bonds. The molecule has 0 aliphatic rings. The van der Waals surface area contributed by atoms with Crippen LogP contribution in [0.25, 0.3) is 10.2 Å². The van der Waals surface area contributed by atoms with Gasteiger partial charge < -0.3 is 14.2 Å². The van der Waals surface area contributed by atoms with Gasteiger partial charge in [-0.15, -0.1) is 11.3 Å². The van der Waals surface area contributed by atoms with Crippen LogP contribution < -0.4 is 19.6 Å². The Hall–Kier alpha value is -3.91. The number of benzene rings is 3. The minimum absolute atomic E-state index is 0.558. The monoisotopic (exact) mass is 502 g/mol. The average molecular weight is 503 g/mol. The van der Waals surface area contributed by atoms with E-state index in [1.54, 1.807) is 24.7 Å². The minimum Gasteiger partial charge on any atom is -0.494 e. The molecular weight excluding hydrogens is 472 g/mol. The number of ether oxygens (including phenoxy) is 3. The van der Waals surface area contributed by atoms with Gasteiger partial charge in [0, 0.05) is 0 Å². The average Bonchev–Trinajstić information content (AvgIpc) is 3.34. The van der Waals surface area contributed by atoms with E-state index in [2.05, 4.69) is 17.5 Å². The van der Waals surface area contributed by atoms with Gasteiger partial charge in [0.15, 0.2) is 22.3 Å². The Morgan fingerprint density at radius 1 is 1.00 bits per heavy atom. The first-order valence-electron chi connectivity index (χ1n) is 12.0. The van der Waals surface area contributed by atoms with Gasteiger partial charge >= 0.3 is 0 Å². The van der Waals surface area contributed by atoms with E-state index in [4.69, 9.17) is 24.2 Å². The van der Waals surface area contributed by atoms with Gasteiger partial charge in [-0.1, -0.05) is 25.5 Å². The standard InChI is InChI=1S/C28H30N4O3S/c1-4-6-17-35-24-16-11-20(18-25(24)33-3)19-29-32-27(28-31-23-9-7-8-10-26(23)36-28)30-21-12-14-22(15-13-21)34-5-2/h7-16,18-19H,4-6,17H2,1-3H3,(H,30,32)/b29-19+. The zero-order valence-electron chi connectivity index (χ0n) is 20.7. The Balaban J connectivity index is 1.57. The molecule has 3 aromatic carbocycles. The molecule has 0 fully saturated rings. The summed E-state index contributed by atoms with van der Waals surface area (Å²) >= 11 is 1.56. The van der Waals surface area contributed by atoms with Gasteiger partial charge in [0.05, 0.1) is 42.4 Å². The lowest BCUT2D eigenvalue weighted by atomic mass is 10.2. The zero-order chi connectivity index (χ0) is 25.2. The predicted molar refractivity (Wildman–Crippen MR) is 148 cm³/mol. The number of hydrazone groups is 1. The molecule has 0 aliphatic carbocycles. The Morgan fingerprint density at radius 2 is 1.83 bits per heavy atom. The number of amidine groups is 1. The number of aliphatic imine (C=N–C) groups is 1. The van der Waals surface area contributed by atoms with E-state index in [-0.39, 0.29) is 0 Å². The van der Waals surface area contributed by atoms with Crippen molar-refractivity contribution in [1.82, 2.24) is 10.4 Å². The van der Waals surface area contributed by atoms with Crippen molar-refractivity contribution >= 4 is 39.3 Å². The molecule has 36 heavy (non-hydrogen) atoms. The normalized spacial score (nSPS) is 11.7. The van der Waals surface area contributed by atoms with Gasteiger partial charge in [0.25, 0.3) is 0 Å². The molecular formula is C28H30N4O3S. The van der Waals surface area contributed by atoms with Crippen LogP contribution in [-0.2, 0) is 0 Å². The lowest BCUT2D eigenvalue weighted by Gasteiger charge is -2.10. The lowest BCUT2D eigenvalue weighted by molar-refractivity contribution is 0.288. The Labute approximate surface area is 215 Å². The molecule has 0 radical (unpaired) electrons. The Bertz CT molecular complexity index is 1300. The van der Waals surface area contributed by atoms with Crippen LogP contribution in [0.5, 0.6) is 17.2 Å². The highest BCUT2D eigenvalue weighted by molar-refractivity contribution is 7.20. The zero-order valence-corrected chi connectivity index (χ0v) is 21.5. The maximum absolute atomic E-state index is 5.82. The summed E-state index contributed by atoms with van der Waals surface area (Å²) in [5.74, 6) is 2.76. The van der Waals surface area contributed by atoms with E-state index in [1.807, 2.05) is 73.7 Å². The van der Waals surface area contributed by atoms with E-state index in [9.17, 15) is 0 Å². The van der Waals surface area contributed by atoms with Crippen molar-refractivity contribution in [3.8, 4) is 17.2 Å². The molecule has 1 N–H and O–H groups in total. The molecule has 1 aromatic heterocycles. The molecule has 4 aromatic rings. The third-order valence-corrected chi connectivity index (χ3v) is 6.26. The van der Waals surface area contributed by atoms with Gasteiger partial charge in [0.2, 0.25) is 0 Å². The fraction of sp³-hybridized carbons (Fsp3) is 0.250. The van der Waals surface area contributed by atoms with Crippen molar-refractivity contribution in [2.75, 3.05) is 20.3 Å². The maximum atomic E-state index is 5.82. The highest BCUT2D eigenvalue weighted by atomic mass is 32.1. The fourth-order valence-electron chi connectivity index (χ4n) is 3.38. The second-order valence-corrected chi connectivity index (χ2v) is 8.89. The number of thiazole rings is 1. The lowest BCUT2D eigenvalue weighted by Crippen LogP contribution is -2.18. The number of rotatable bonds is 11. The highest BCUT2D eigenvalue weighted by Gasteiger charge is 2.11. The van der Waals surface area contributed by atoms with E-state index in [0.717, 1.165) is 50.8 Å². The molecule has 0 saturated heterocycles. The van der Waals surface area contributed by atoms with E-state index < -0.39 is 0 Å². The van der Waals surface area contributed by atoms with E-state index in [0.29, 0.717) is 24.8 Å². The summed E-state index contributed by atoms with van der Waals surface area (Å²) in [6.45, 7) is 5.37. The minimum atomic E-state index is 0.558. The second-order valence-electron chi connectivity index (χ2n) is 7.86. The molecule has 1 heterocycles. The highest BCUT2D eigenvalue weighted by Crippen LogP contribution is 2.28. The third-order valence-electron chi connectivity index (χ3n) is 5.21. The summed E-state index contributed by atoms with van der Waals surface area (Å²) in [5.41, 5.74) is 5.65. The van der Waals surface area contributed by atoms with Gasteiger partial charge in [-0.05, 0) is 73.5 Å². The molecule has 4 rings (SSSR count). The summed E-state index contributed by atoms with van der Waals surface area (Å²) in [4.78, 5) is 9.53. The second kappa shape index (κ2) is 12.7. The Kier molecular flexibility index (Phi) is 8.88. The molecule has 0 atom stereocenters. The summed E-state index contributed by atoms with van der Waals surface area (Å²) in [7, 11) is 1.63. The van der Waals surface area contributed by atoms with Crippen molar-refractivity contribution in [3.05, 3.63) is 77.3 Å². The van der Waals surface area contributed by atoms with Crippen molar-refractivity contribution in [2.45, 2.75) is 26.7 Å².